The van der Waals surface area contributed by atoms with E-state index in [4.69, 9.17) is 5.11 Å². The minimum absolute atomic E-state index is 0. The predicted octanol–water partition coefficient (Wildman–Crippen LogP) is 0.854. The fourth-order valence-electron chi connectivity index (χ4n) is 3.00. The summed E-state index contributed by atoms with van der Waals surface area (Å²) in [6, 6.07) is 0. The summed E-state index contributed by atoms with van der Waals surface area (Å²) in [5, 5.41) is 9.11. The summed E-state index contributed by atoms with van der Waals surface area (Å²) in [6.45, 7) is 0.413. The number of carbonyl (C=O) groups is 1. The van der Waals surface area contributed by atoms with Crippen molar-refractivity contribution in [3.8, 4) is 0 Å². The van der Waals surface area contributed by atoms with E-state index >= 15 is 0 Å². The lowest BCUT2D eigenvalue weighted by atomic mass is 9.97. The Morgan fingerprint density at radius 1 is 1.40 bits per heavy atom. The highest BCUT2D eigenvalue weighted by molar-refractivity contribution is 7.91. The topological polar surface area (TPSA) is 89.3 Å². The van der Waals surface area contributed by atoms with Gasteiger partial charge in [0.05, 0.1) is 17.4 Å². The normalized spacial score (nSPS) is 27.6. The average Bonchev–Trinajstić information content (AvgIpc) is 2.91. The van der Waals surface area contributed by atoms with E-state index in [-0.39, 0.29) is 29.8 Å². The molecule has 1 saturated heterocycles. The number of fused-ring (bicyclic) bond motifs is 1. The number of aromatic nitrogens is 2. The lowest BCUT2D eigenvalue weighted by Gasteiger charge is -2.23. The Hall–Kier alpha value is -1.08. The Balaban J connectivity index is 0.00000147. The molecule has 3 heterocycles. The fraction of sp³-hybridized carbons (Fsp3) is 0.667. The first-order valence-corrected chi connectivity index (χ1v) is 8.26. The van der Waals surface area contributed by atoms with Gasteiger partial charge >= 0.3 is 5.97 Å². The van der Waals surface area contributed by atoms with Crippen molar-refractivity contribution < 1.29 is 18.3 Å². The summed E-state index contributed by atoms with van der Waals surface area (Å²) in [5.74, 6) is -0.153. The molecule has 3 rings (SSSR count). The van der Waals surface area contributed by atoms with Crippen molar-refractivity contribution in [2.75, 3.05) is 11.5 Å². The van der Waals surface area contributed by atoms with Crippen molar-refractivity contribution in [1.82, 2.24) is 9.55 Å². The van der Waals surface area contributed by atoms with Gasteiger partial charge in [0.25, 0.3) is 0 Å². The van der Waals surface area contributed by atoms with Crippen molar-refractivity contribution in [2.45, 2.75) is 31.7 Å². The number of carboxylic acids is 1. The molecule has 1 fully saturated rings. The molecule has 8 heteroatoms. The summed E-state index contributed by atoms with van der Waals surface area (Å²) in [6.07, 6.45) is 3.68. The van der Waals surface area contributed by atoms with E-state index in [0.29, 0.717) is 25.8 Å². The SMILES string of the molecule is Cl.O=C(O)C1CCc2cnc(C3CCS(=O)(=O)C3)n2C1. The highest BCUT2D eigenvalue weighted by atomic mass is 35.5. The number of hydrogen-bond acceptors (Lipinski definition) is 4. The molecule has 2 unspecified atom stereocenters. The minimum Gasteiger partial charge on any atom is -0.481 e. The number of nitrogens with zero attached hydrogens (tertiary/aromatic N) is 2. The first-order valence-electron chi connectivity index (χ1n) is 6.44. The molecule has 0 amide bonds. The van der Waals surface area contributed by atoms with Crippen LogP contribution < -0.4 is 0 Å². The maximum Gasteiger partial charge on any atom is 0.308 e. The number of sulfone groups is 1. The van der Waals surface area contributed by atoms with E-state index in [0.717, 1.165) is 11.5 Å². The largest absolute Gasteiger partial charge is 0.481 e. The second kappa shape index (κ2) is 5.37. The smallest absolute Gasteiger partial charge is 0.308 e. The van der Waals surface area contributed by atoms with E-state index in [9.17, 15) is 13.2 Å². The Morgan fingerprint density at radius 2 is 2.15 bits per heavy atom. The van der Waals surface area contributed by atoms with Crippen LogP contribution in [0.5, 0.6) is 0 Å². The van der Waals surface area contributed by atoms with Crippen LogP contribution in [0.15, 0.2) is 6.20 Å². The number of hydrogen-bond donors (Lipinski definition) is 1. The Morgan fingerprint density at radius 3 is 2.75 bits per heavy atom. The summed E-state index contributed by atoms with van der Waals surface area (Å²) in [5.41, 5.74) is 1.02. The molecule has 6 nitrogen and oxygen atoms in total. The molecule has 20 heavy (non-hydrogen) atoms. The number of halogens is 1. The Labute approximate surface area is 123 Å². The molecule has 112 valence electrons. The number of rotatable bonds is 2. The van der Waals surface area contributed by atoms with E-state index < -0.39 is 21.7 Å². The Kier molecular flexibility index (Phi) is 4.11. The predicted molar refractivity (Wildman–Crippen MR) is 74.9 cm³/mol. The van der Waals surface area contributed by atoms with Crippen LogP contribution in [0, 0.1) is 5.92 Å². The zero-order valence-corrected chi connectivity index (χ0v) is 12.5. The standard InChI is InChI=1S/C12H16N2O4S.ClH/c15-12(16)8-1-2-10-5-13-11(14(10)6-8)9-3-4-19(17,18)7-9;/h5,8-9H,1-4,6-7H2,(H,15,16);1H. The zero-order valence-electron chi connectivity index (χ0n) is 10.9. The van der Waals surface area contributed by atoms with Crippen LogP contribution >= 0.6 is 12.4 Å². The number of aliphatic carboxylic acids is 1. The van der Waals surface area contributed by atoms with Crippen molar-refractivity contribution in [3.63, 3.8) is 0 Å². The molecule has 2 aliphatic heterocycles. The molecule has 0 aromatic carbocycles. The van der Waals surface area contributed by atoms with E-state index in [1.165, 1.54) is 0 Å². The van der Waals surface area contributed by atoms with Gasteiger partial charge in [0, 0.05) is 24.4 Å². The third-order valence-electron chi connectivity index (χ3n) is 4.07. The minimum atomic E-state index is -2.95. The second-order valence-corrected chi connectivity index (χ2v) is 7.62. The van der Waals surface area contributed by atoms with Crippen LogP contribution in [0.25, 0.3) is 0 Å². The quantitative estimate of drug-likeness (QED) is 0.872. The van der Waals surface area contributed by atoms with Gasteiger partial charge in [-0.1, -0.05) is 0 Å². The summed E-state index contributed by atoms with van der Waals surface area (Å²) in [7, 11) is -2.95. The summed E-state index contributed by atoms with van der Waals surface area (Å²) in [4.78, 5) is 15.4. The van der Waals surface area contributed by atoms with Crippen molar-refractivity contribution in [1.29, 1.82) is 0 Å². The molecule has 0 aliphatic carbocycles. The van der Waals surface area contributed by atoms with Gasteiger partial charge in [-0.25, -0.2) is 13.4 Å². The van der Waals surface area contributed by atoms with Gasteiger partial charge in [0.2, 0.25) is 0 Å². The maximum atomic E-state index is 11.5. The summed E-state index contributed by atoms with van der Waals surface area (Å²) >= 11 is 0. The van der Waals surface area contributed by atoms with Gasteiger partial charge in [0.15, 0.2) is 9.84 Å². The molecule has 0 bridgehead atoms. The van der Waals surface area contributed by atoms with Crippen LogP contribution in [0.2, 0.25) is 0 Å². The van der Waals surface area contributed by atoms with Gasteiger partial charge < -0.3 is 9.67 Å². The van der Waals surface area contributed by atoms with Crippen molar-refractivity contribution in [2.24, 2.45) is 5.92 Å². The third kappa shape index (κ3) is 2.69. The molecule has 0 spiro atoms. The molecular weight excluding hydrogens is 304 g/mol. The van der Waals surface area contributed by atoms with Crippen LogP contribution in [0.3, 0.4) is 0 Å². The number of imidazole rings is 1. The molecule has 0 radical (unpaired) electrons. The van der Waals surface area contributed by atoms with Gasteiger partial charge in [0.1, 0.15) is 5.82 Å². The lowest BCUT2D eigenvalue weighted by molar-refractivity contribution is -0.142. The van der Waals surface area contributed by atoms with Crippen LogP contribution in [-0.2, 0) is 27.6 Å². The van der Waals surface area contributed by atoms with Crippen LogP contribution in [-0.4, -0.2) is 40.6 Å². The van der Waals surface area contributed by atoms with Crippen LogP contribution in [0.1, 0.15) is 30.3 Å². The van der Waals surface area contributed by atoms with Crippen molar-refractivity contribution in [3.05, 3.63) is 17.7 Å². The molecule has 0 saturated carbocycles. The highest BCUT2D eigenvalue weighted by Gasteiger charge is 2.34. The Bertz CT molecular complexity index is 625. The van der Waals surface area contributed by atoms with Gasteiger partial charge in [-0.3, -0.25) is 4.79 Å². The first-order chi connectivity index (χ1) is 8.96. The fourth-order valence-corrected chi connectivity index (χ4v) is 4.74. The third-order valence-corrected chi connectivity index (χ3v) is 5.84. The molecule has 2 aliphatic rings. The van der Waals surface area contributed by atoms with Gasteiger partial charge in [-0.15, -0.1) is 12.4 Å². The van der Waals surface area contributed by atoms with Crippen LogP contribution in [0.4, 0.5) is 0 Å². The summed E-state index contributed by atoms with van der Waals surface area (Å²) < 4.78 is 25.0. The van der Waals surface area contributed by atoms with Crippen molar-refractivity contribution >= 4 is 28.2 Å². The second-order valence-electron chi connectivity index (χ2n) is 5.39. The molecule has 1 N–H and O–H groups in total. The molecular formula is C12H17ClN2O4S. The monoisotopic (exact) mass is 320 g/mol. The van der Waals surface area contributed by atoms with E-state index in [2.05, 4.69) is 4.98 Å². The number of carboxylic acid groups (broad SMARTS) is 1. The molecule has 1 aromatic rings. The number of aryl methyl sites for hydroxylation is 1. The van der Waals surface area contributed by atoms with E-state index in [1.807, 2.05) is 4.57 Å². The molecule has 2 atom stereocenters. The maximum absolute atomic E-state index is 11.5. The average molecular weight is 321 g/mol. The first kappa shape index (κ1) is 15.3. The van der Waals surface area contributed by atoms with Gasteiger partial charge in [-0.2, -0.15) is 0 Å². The zero-order chi connectivity index (χ0) is 13.6. The highest BCUT2D eigenvalue weighted by Crippen LogP contribution is 2.31. The van der Waals surface area contributed by atoms with Gasteiger partial charge in [-0.05, 0) is 19.3 Å². The molecule has 1 aromatic heterocycles. The van der Waals surface area contributed by atoms with E-state index in [1.54, 1.807) is 6.20 Å². The lowest BCUT2D eigenvalue weighted by Crippen LogP contribution is -2.28.